The van der Waals surface area contributed by atoms with Crippen LogP contribution in [0.3, 0.4) is 0 Å². The van der Waals surface area contributed by atoms with Gasteiger partial charge in [0.25, 0.3) is 5.91 Å². The molecule has 2 N–H and O–H groups in total. The number of aromatic nitrogens is 1. The molecule has 0 saturated carbocycles. The zero-order valence-electron chi connectivity index (χ0n) is 18.4. The molecule has 1 saturated heterocycles. The first-order valence-electron chi connectivity index (χ1n) is 10.5. The molecule has 1 aliphatic heterocycles. The summed E-state index contributed by atoms with van der Waals surface area (Å²) in [5.41, 5.74) is -0.616. The van der Waals surface area contributed by atoms with Gasteiger partial charge in [-0.2, -0.15) is 0 Å². The van der Waals surface area contributed by atoms with Gasteiger partial charge >= 0.3 is 0 Å². The van der Waals surface area contributed by atoms with Crippen molar-refractivity contribution in [2.24, 2.45) is 11.3 Å². The predicted molar refractivity (Wildman–Crippen MR) is 121 cm³/mol. The standard InChI is InChI=1S/C24H30ClN3O3/c1-16(2)20(27-21(29)19-7-5-6-13-26-19)22(30)28-14-12-24(31,23(3,4)15-28)17-8-10-18(25)11-9-17/h5-11,13,16,20,31H,12,14-15H2,1-4H3,(H,27,29)/t20-,24+/m1/s1. The van der Waals surface area contributed by atoms with E-state index in [1.165, 1.54) is 0 Å². The predicted octanol–water partition coefficient (Wildman–Crippen LogP) is 3.64. The van der Waals surface area contributed by atoms with Crippen molar-refractivity contribution in [1.29, 1.82) is 0 Å². The number of carbonyl (C=O) groups excluding carboxylic acids is 2. The molecule has 0 radical (unpaired) electrons. The Morgan fingerprint density at radius 1 is 1.16 bits per heavy atom. The molecule has 2 amide bonds. The Morgan fingerprint density at radius 3 is 2.39 bits per heavy atom. The molecular formula is C24H30ClN3O3. The number of likely N-dealkylation sites (tertiary alicyclic amines) is 1. The van der Waals surface area contributed by atoms with Gasteiger partial charge in [-0.05, 0) is 42.2 Å². The van der Waals surface area contributed by atoms with Crippen LogP contribution in [0.1, 0.15) is 50.2 Å². The lowest BCUT2D eigenvalue weighted by molar-refractivity contribution is -0.155. The summed E-state index contributed by atoms with van der Waals surface area (Å²) >= 11 is 6.01. The van der Waals surface area contributed by atoms with E-state index in [0.29, 0.717) is 24.5 Å². The summed E-state index contributed by atoms with van der Waals surface area (Å²) in [6.07, 6.45) is 1.94. The first-order chi connectivity index (χ1) is 14.5. The molecule has 31 heavy (non-hydrogen) atoms. The third-order valence-corrected chi connectivity index (χ3v) is 6.45. The number of hydrogen-bond donors (Lipinski definition) is 2. The third kappa shape index (κ3) is 4.75. The number of benzene rings is 1. The van der Waals surface area contributed by atoms with E-state index < -0.39 is 17.1 Å². The average molecular weight is 444 g/mol. The summed E-state index contributed by atoms with van der Waals surface area (Å²) in [5.74, 6) is -0.618. The molecule has 6 nitrogen and oxygen atoms in total. The van der Waals surface area contributed by atoms with Crippen molar-refractivity contribution in [3.63, 3.8) is 0 Å². The van der Waals surface area contributed by atoms with Crippen molar-refractivity contribution < 1.29 is 14.7 Å². The van der Waals surface area contributed by atoms with Crippen molar-refractivity contribution >= 4 is 23.4 Å². The number of nitrogens with zero attached hydrogens (tertiary/aromatic N) is 2. The number of halogens is 1. The molecule has 1 aromatic heterocycles. The van der Waals surface area contributed by atoms with E-state index >= 15 is 0 Å². The highest BCUT2D eigenvalue weighted by atomic mass is 35.5. The number of nitrogens with one attached hydrogen (secondary N) is 1. The Balaban J connectivity index is 1.77. The van der Waals surface area contributed by atoms with Crippen molar-refractivity contribution in [3.05, 3.63) is 64.9 Å². The number of amides is 2. The summed E-state index contributed by atoms with van der Waals surface area (Å²) < 4.78 is 0. The van der Waals surface area contributed by atoms with E-state index in [0.717, 1.165) is 5.56 Å². The van der Waals surface area contributed by atoms with E-state index in [2.05, 4.69) is 10.3 Å². The van der Waals surface area contributed by atoms with Crippen LogP contribution in [0.2, 0.25) is 5.02 Å². The van der Waals surface area contributed by atoms with Gasteiger partial charge in [-0.1, -0.05) is 57.5 Å². The second-order valence-corrected chi connectivity index (χ2v) is 9.61. The molecule has 1 aliphatic rings. The van der Waals surface area contributed by atoms with Crippen LogP contribution in [0, 0.1) is 11.3 Å². The molecule has 0 unspecified atom stereocenters. The topological polar surface area (TPSA) is 82.5 Å². The Bertz CT molecular complexity index is 931. The van der Waals surface area contributed by atoms with Crippen molar-refractivity contribution in [3.8, 4) is 0 Å². The van der Waals surface area contributed by atoms with Gasteiger partial charge < -0.3 is 15.3 Å². The summed E-state index contributed by atoms with van der Waals surface area (Å²) in [4.78, 5) is 31.8. The maximum atomic E-state index is 13.4. The first-order valence-corrected chi connectivity index (χ1v) is 10.9. The van der Waals surface area contributed by atoms with E-state index in [1.54, 1.807) is 41.4 Å². The molecular weight excluding hydrogens is 414 g/mol. The SMILES string of the molecule is CC(C)[C@@H](NC(=O)c1ccccn1)C(=O)N1CC[C@](O)(c2ccc(Cl)cc2)C(C)(C)C1. The fourth-order valence-electron chi connectivity index (χ4n) is 4.19. The minimum Gasteiger partial charge on any atom is -0.384 e. The zero-order valence-corrected chi connectivity index (χ0v) is 19.2. The summed E-state index contributed by atoms with van der Waals surface area (Å²) in [5, 5.41) is 15.0. The monoisotopic (exact) mass is 443 g/mol. The fraction of sp³-hybridized carbons (Fsp3) is 0.458. The highest BCUT2D eigenvalue weighted by Gasteiger charge is 2.50. The lowest BCUT2D eigenvalue weighted by Gasteiger charge is -2.51. The maximum absolute atomic E-state index is 13.4. The second-order valence-electron chi connectivity index (χ2n) is 9.17. The number of carbonyl (C=O) groups is 2. The number of rotatable bonds is 5. The van der Waals surface area contributed by atoms with Gasteiger partial charge in [0, 0.05) is 29.7 Å². The summed E-state index contributed by atoms with van der Waals surface area (Å²) in [6.45, 7) is 8.48. The van der Waals surface area contributed by atoms with Gasteiger partial charge in [0.05, 0.1) is 5.60 Å². The first kappa shape index (κ1) is 23.2. The van der Waals surface area contributed by atoms with Crippen LogP contribution >= 0.6 is 11.6 Å². The highest BCUT2D eigenvalue weighted by molar-refractivity contribution is 6.30. The average Bonchev–Trinajstić information content (AvgIpc) is 2.74. The Kier molecular flexibility index (Phi) is 6.72. The number of piperidine rings is 1. The molecule has 166 valence electrons. The van der Waals surface area contributed by atoms with Crippen LogP contribution in [0.5, 0.6) is 0 Å². The van der Waals surface area contributed by atoms with Gasteiger partial charge in [0.2, 0.25) is 5.91 Å². The van der Waals surface area contributed by atoms with Crippen molar-refractivity contribution in [2.45, 2.75) is 45.8 Å². The number of hydrogen-bond acceptors (Lipinski definition) is 4. The van der Waals surface area contributed by atoms with Crippen molar-refractivity contribution in [1.82, 2.24) is 15.2 Å². The number of pyridine rings is 1. The normalized spacial score (nSPS) is 21.6. The van der Waals surface area contributed by atoms with Crippen LogP contribution in [0.25, 0.3) is 0 Å². The fourth-order valence-corrected chi connectivity index (χ4v) is 4.32. The van der Waals surface area contributed by atoms with Crippen LogP contribution in [-0.2, 0) is 10.4 Å². The summed E-state index contributed by atoms with van der Waals surface area (Å²) in [6, 6.07) is 11.6. The Morgan fingerprint density at radius 2 is 1.84 bits per heavy atom. The van der Waals surface area contributed by atoms with Gasteiger partial charge in [0.1, 0.15) is 11.7 Å². The van der Waals surface area contributed by atoms with Gasteiger partial charge in [-0.15, -0.1) is 0 Å². The van der Waals surface area contributed by atoms with Gasteiger partial charge in [-0.25, -0.2) is 0 Å². The smallest absolute Gasteiger partial charge is 0.270 e. The molecule has 1 fully saturated rings. The maximum Gasteiger partial charge on any atom is 0.270 e. The molecule has 0 bridgehead atoms. The zero-order chi connectivity index (χ0) is 22.8. The van der Waals surface area contributed by atoms with Crippen LogP contribution in [-0.4, -0.2) is 45.9 Å². The van der Waals surface area contributed by atoms with E-state index in [-0.39, 0.29) is 23.4 Å². The minimum atomic E-state index is -1.08. The second kappa shape index (κ2) is 8.97. The quantitative estimate of drug-likeness (QED) is 0.739. The third-order valence-electron chi connectivity index (χ3n) is 6.20. The molecule has 3 rings (SSSR count). The van der Waals surface area contributed by atoms with Crippen LogP contribution in [0.15, 0.2) is 48.7 Å². The molecule has 7 heteroatoms. The largest absolute Gasteiger partial charge is 0.384 e. The minimum absolute atomic E-state index is 0.0969. The highest BCUT2D eigenvalue weighted by Crippen LogP contribution is 2.46. The van der Waals surface area contributed by atoms with Crippen LogP contribution < -0.4 is 5.32 Å². The lowest BCUT2D eigenvalue weighted by atomic mass is 9.66. The Hall–Kier alpha value is -2.44. The lowest BCUT2D eigenvalue weighted by Crippen LogP contribution is -2.60. The summed E-state index contributed by atoms with van der Waals surface area (Å²) in [7, 11) is 0. The van der Waals surface area contributed by atoms with Gasteiger partial charge in [0.15, 0.2) is 0 Å². The molecule has 0 aliphatic carbocycles. The molecule has 2 atom stereocenters. The molecule has 0 spiro atoms. The Labute approximate surface area is 188 Å². The van der Waals surface area contributed by atoms with Gasteiger partial charge in [-0.3, -0.25) is 14.6 Å². The van der Waals surface area contributed by atoms with E-state index in [4.69, 9.17) is 11.6 Å². The van der Waals surface area contributed by atoms with Crippen LogP contribution in [0.4, 0.5) is 0 Å². The molecule has 1 aromatic carbocycles. The van der Waals surface area contributed by atoms with E-state index in [9.17, 15) is 14.7 Å². The van der Waals surface area contributed by atoms with E-state index in [1.807, 2.05) is 39.8 Å². The molecule has 2 aromatic rings. The molecule has 2 heterocycles. The number of aliphatic hydroxyl groups is 1. The van der Waals surface area contributed by atoms with Crippen molar-refractivity contribution in [2.75, 3.05) is 13.1 Å².